The summed E-state index contributed by atoms with van der Waals surface area (Å²) in [5, 5.41) is 5.16. The van der Waals surface area contributed by atoms with Crippen LogP contribution in [0.2, 0.25) is 0 Å². The average Bonchev–Trinajstić information content (AvgIpc) is 3.32. The maximum absolute atomic E-state index is 14.1. The van der Waals surface area contributed by atoms with Crippen molar-refractivity contribution < 1.29 is 28.2 Å². The molecule has 9 nitrogen and oxygen atoms in total. The minimum Gasteiger partial charge on any atom is -0.461 e. The highest BCUT2D eigenvalue weighted by Crippen LogP contribution is 2.22. The zero-order valence-corrected chi connectivity index (χ0v) is 21.2. The number of hydrogen-bond donors (Lipinski definition) is 3. The Kier molecular flexibility index (Phi) is 9.00. The lowest BCUT2D eigenvalue weighted by atomic mass is 10.1. The van der Waals surface area contributed by atoms with Crippen molar-refractivity contribution in [1.29, 1.82) is 0 Å². The van der Waals surface area contributed by atoms with Gasteiger partial charge in [-0.15, -0.1) is 0 Å². The highest BCUT2D eigenvalue weighted by molar-refractivity contribution is 5.89. The molecule has 0 aliphatic heterocycles. The molecular formula is C27H31FN4O5. The predicted octanol–water partition coefficient (Wildman–Crippen LogP) is 4.42. The molecule has 3 rings (SSSR count). The SMILES string of the molecule is C[C@H](NC(=O)[C@H](CC(=O)OCc1ccccc1)NC(=O)OC(C)(C)C)c1ncc(-c2ccccc2F)[nH]1. The molecule has 0 saturated carbocycles. The standard InChI is InChI=1S/C27H31FN4O5/c1-17(24-29-15-22(31-24)19-12-8-9-13-20(19)28)30-25(34)21(32-26(35)37-27(2,3)4)14-23(33)36-16-18-10-6-5-7-11-18/h5-13,15,17,21H,14,16H2,1-4H3,(H,29,31)(H,30,34)(H,32,35)/t17-,21-/m0/s1. The molecule has 2 amide bonds. The minimum atomic E-state index is -1.26. The molecule has 0 aliphatic rings. The second-order valence-corrected chi connectivity index (χ2v) is 9.44. The monoisotopic (exact) mass is 510 g/mol. The average molecular weight is 511 g/mol. The lowest BCUT2D eigenvalue weighted by Gasteiger charge is -2.24. The van der Waals surface area contributed by atoms with E-state index in [1.807, 2.05) is 18.2 Å². The highest BCUT2D eigenvalue weighted by Gasteiger charge is 2.29. The van der Waals surface area contributed by atoms with Crippen LogP contribution in [0.1, 0.15) is 51.5 Å². The Morgan fingerprint density at radius 1 is 1.03 bits per heavy atom. The summed E-state index contributed by atoms with van der Waals surface area (Å²) in [6.45, 7) is 6.74. The number of H-pyrrole nitrogens is 1. The third-order valence-corrected chi connectivity index (χ3v) is 5.15. The molecule has 0 saturated heterocycles. The third kappa shape index (κ3) is 8.45. The summed E-state index contributed by atoms with van der Waals surface area (Å²) in [5.74, 6) is -1.36. The van der Waals surface area contributed by atoms with Crippen LogP contribution >= 0.6 is 0 Å². The van der Waals surface area contributed by atoms with E-state index in [2.05, 4.69) is 20.6 Å². The predicted molar refractivity (Wildman–Crippen MR) is 135 cm³/mol. The second-order valence-electron chi connectivity index (χ2n) is 9.44. The Morgan fingerprint density at radius 2 is 1.70 bits per heavy atom. The number of amides is 2. The summed E-state index contributed by atoms with van der Waals surface area (Å²) in [5.41, 5.74) is 0.769. The molecule has 10 heteroatoms. The van der Waals surface area contributed by atoms with E-state index >= 15 is 0 Å². The molecule has 0 radical (unpaired) electrons. The highest BCUT2D eigenvalue weighted by atomic mass is 19.1. The number of halogens is 1. The van der Waals surface area contributed by atoms with Crippen molar-refractivity contribution in [1.82, 2.24) is 20.6 Å². The Morgan fingerprint density at radius 3 is 2.38 bits per heavy atom. The summed E-state index contributed by atoms with van der Waals surface area (Å²) in [4.78, 5) is 45.2. The first-order chi connectivity index (χ1) is 17.5. The minimum absolute atomic E-state index is 0.0298. The van der Waals surface area contributed by atoms with Gasteiger partial charge in [-0.2, -0.15) is 0 Å². The number of imidazole rings is 1. The van der Waals surface area contributed by atoms with Crippen molar-refractivity contribution in [3.63, 3.8) is 0 Å². The number of carbonyl (C=O) groups is 3. The van der Waals surface area contributed by atoms with E-state index in [0.29, 0.717) is 17.1 Å². The normalized spacial score (nSPS) is 12.8. The molecule has 0 aliphatic carbocycles. The number of aromatic amines is 1. The molecule has 2 aromatic carbocycles. The molecule has 0 spiro atoms. The van der Waals surface area contributed by atoms with Crippen LogP contribution in [0, 0.1) is 5.82 Å². The first-order valence-corrected chi connectivity index (χ1v) is 11.8. The van der Waals surface area contributed by atoms with Crippen molar-refractivity contribution in [2.24, 2.45) is 0 Å². The van der Waals surface area contributed by atoms with Crippen LogP contribution < -0.4 is 10.6 Å². The first kappa shape index (κ1) is 27.4. The summed E-state index contributed by atoms with van der Waals surface area (Å²) in [7, 11) is 0. The van der Waals surface area contributed by atoms with E-state index in [9.17, 15) is 18.8 Å². The number of nitrogens with one attached hydrogen (secondary N) is 3. The van der Waals surface area contributed by atoms with Gasteiger partial charge in [0.2, 0.25) is 5.91 Å². The van der Waals surface area contributed by atoms with E-state index in [1.54, 1.807) is 58.0 Å². The molecule has 3 N–H and O–H groups in total. The number of esters is 1. The maximum atomic E-state index is 14.1. The van der Waals surface area contributed by atoms with Gasteiger partial charge in [0.1, 0.15) is 29.9 Å². The topological polar surface area (TPSA) is 122 Å². The second kappa shape index (κ2) is 12.2. The van der Waals surface area contributed by atoms with Crippen LogP contribution in [0.15, 0.2) is 60.8 Å². The number of benzene rings is 2. The number of aromatic nitrogens is 2. The van der Waals surface area contributed by atoms with Gasteiger partial charge in [0.15, 0.2) is 0 Å². The van der Waals surface area contributed by atoms with Crippen LogP contribution in [0.4, 0.5) is 9.18 Å². The zero-order chi connectivity index (χ0) is 27.0. The van der Waals surface area contributed by atoms with Crippen molar-refractivity contribution >= 4 is 18.0 Å². The van der Waals surface area contributed by atoms with E-state index in [0.717, 1.165) is 5.56 Å². The van der Waals surface area contributed by atoms with E-state index in [4.69, 9.17) is 9.47 Å². The van der Waals surface area contributed by atoms with Gasteiger partial charge in [-0.05, 0) is 45.4 Å². The Bertz CT molecular complexity index is 1220. The van der Waals surface area contributed by atoms with Crippen LogP contribution in [0.3, 0.4) is 0 Å². The number of alkyl carbamates (subject to hydrolysis) is 1. The molecule has 2 atom stereocenters. The molecule has 196 valence electrons. The van der Waals surface area contributed by atoms with Crippen molar-refractivity contribution in [3.8, 4) is 11.3 Å². The van der Waals surface area contributed by atoms with Crippen molar-refractivity contribution in [2.45, 2.75) is 58.4 Å². The molecule has 0 unspecified atom stereocenters. The first-order valence-electron chi connectivity index (χ1n) is 11.8. The smallest absolute Gasteiger partial charge is 0.408 e. The molecule has 3 aromatic rings. The summed E-state index contributed by atoms with van der Waals surface area (Å²) in [6, 6.07) is 13.4. The molecule has 1 heterocycles. The largest absolute Gasteiger partial charge is 0.461 e. The van der Waals surface area contributed by atoms with Crippen LogP contribution in [0.5, 0.6) is 0 Å². The Balaban J connectivity index is 1.67. The van der Waals surface area contributed by atoms with Gasteiger partial charge in [0.25, 0.3) is 0 Å². The fourth-order valence-corrected chi connectivity index (χ4v) is 3.38. The quantitative estimate of drug-likeness (QED) is 0.366. The van der Waals surface area contributed by atoms with Crippen molar-refractivity contribution in [3.05, 3.63) is 78.0 Å². The van der Waals surface area contributed by atoms with Gasteiger partial charge in [-0.1, -0.05) is 42.5 Å². The number of nitrogens with zero attached hydrogens (tertiary/aromatic N) is 1. The molecular weight excluding hydrogens is 479 g/mol. The summed E-state index contributed by atoms with van der Waals surface area (Å²) in [6.07, 6.45) is 0.202. The number of hydrogen-bond acceptors (Lipinski definition) is 6. The molecule has 1 aromatic heterocycles. The van der Waals surface area contributed by atoms with Gasteiger partial charge >= 0.3 is 12.1 Å². The van der Waals surface area contributed by atoms with E-state index < -0.39 is 47.9 Å². The van der Waals surface area contributed by atoms with E-state index in [1.165, 1.54) is 12.3 Å². The Labute approximate surface area is 214 Å². The molecule has 0 fully saturated rings. The summed E-state index contributed by atoms with van der Waals surface area (Å²) >= 11 is 0. The molecule has 0 bridgehead atoms. The fraction of sp³-hybridized carbons (Fsp3) is 0.333. The van der Waals surface area contributed by atoms with E-state index in [-0.39, 0.29) is 6.61 Å². The van der Waals surface area contributed by atoms with Crippen LogP contribution in [0.25, 0.3) is 11.3 Å². The number of carbonyl (C=O) groups excluding carboxylic acids is 3. The summed E-state index contributed by atoms with van der Waals surface area (Å²) < 4.78 is 24.6. The number of ether oxygens (including phenoxy) is 2. The lowest BCUT2D eigenvalue weighted by molar-refractivity contribution is -0.147. The van der Waals surface area contributed by atoms with Crippen molar-refractivity contribution in [2.75, 3.05) is 0 Å². The fourth-order valence-electron chi connectivity index (χ4n) is 3.38. The lowest BCUT2D eigenvalue weighted by Crippen LogP contribution is -2.49. The Hall–Kier alpha value is -4.21. The van der Waals surface area contributed by atoms with Gasteiger partial charge in [0.05, 0.1) is 24.4 Å². The zero-order valence-electron chi connectivity index (χ0n) is 21.2. The van der Waals surface area contributed by atoms with Crippen LogP contribution in [-0.2, 0) is 25.7 Å². The third-order valence-electron chi connectivity index (χ3n) is 5.15. The number of rotatable bonds is 9. The van der Waals surface area contributed by atoms with Crippen LogP contribution in [-0.4, -0.2) is 39.6 Å². The van der Waals surface area contributed by atoms with Gasteiger partial charge in [0, 0.05) is 5.56 Å². The molecule has 37 heavy (non-hydrogen) atoms. The maximum Gasteiger partial charge on any atom is 0.408 e. The van der Waals surface area contributed by atoms with Gasteiger partial charge in [-0.3, -0.25) is 9.59 Å². The van der Waals surface area contributed by atoms with Gasteiger partial charge in [-0.25, -0.2) is 14.2 Å². The van der Waals surface area contributed by atoms with Gasteiger partial charge < -0.3 is 25.1 Å².